The molecule has 0 saturated carbocycles. The molecule has 0 aliphatic carbocycles. The van der Waals surface area contributed by atoms with Crippen molar-refractivity contribution in [3.05, 3.63) is 42.5 Å². The molecule has 2 aliphatic heterocycles. The molecule has 2 heterocycles. The molecule has 106 valence electrons. The van der Waals surface area contributed by atoms with E-state index in [1.807, 2.05) is 36.4 Å². The average molecular weight is 299 g/mol. The first-order valence-electron chi connectivity index (χ1n) is 6.84. The molecule has 4 nitrogen and oxygen atoms in total. The van der Waals surface area contributed by atoms with Crippen molar-refractivity contribution < 1.29 is 14.7 Å². The zero-order valence-corrected chi connectivity index (χ0v) is 11.9. The van der Waals surface area contributed by atoms with Gasteiger partial charge in [-0.2, -0.15) is 0 Å². The van der Waals surface area contributed by atoms with E-state index in [1.54, 1.807) is 6.07 Å². The number of benzene rings is 2. The van der Waals surface area contributed by atoms with Crippen LogP contribution in [-0.4, -0.2) is 34.0 Å². The van der Waals surface area contributed by atoms with Crippen LogP contribution in [0.25, 0.3) is 10.8 Å². The minimum atomic E-state index is -0.726. The zero-order chi connectivity index (χ0) is 14.6. The van der Waals surface area contributed by atoms with Crippen molar-refractivity contribution in [2.24, 2.45) is 5.92 Å². The van der Waals surface area contributed by atoms with Crippen molar-refractivity contribution in [3.8, 4) is 0 Å². The third-order valence-corrected chi connectivity index (χ3v) is 5.55. The van der Waals surface area contributed by atoms with Crippen LogP contribution in [0.1, 0.15) is 0 Å². The molecule has 3 atom stereocenters. The highest BCUT2D eigenvalue weighted by Gasteiger charge is 2.55. The predicted octanol–water partition coefficient (Wildman–Crippen LogP) is 1.81. The minimum absolute atomic E-state index is 0.206. The van der Waals surface area contributed by atoms with Crippen LogP contribution >= 0.6 is 11.8 Å². The number of aliphatic hydroxyl groups excluding tert-OH is 1. The van der Waals surface area contributed by atoms with Gasteiger partial charge in [-0.05, 0) is 11.5 Å². The van der Waals surface area contributed by atoms with E-state index >= 15 is 0 Å². The lowest BCUT2D eigenvalue weighted by atomic mass is 10.0. The Morgan fingerprint density at radius 2 is 1.81 bits per heavy atom. The van der Waals surface area contributed by atoms with Gasteiger partial charge in [0.25, 0.3) is 0 Å². The SMILES string of the molecule is O=C1[C@@H]2[C@H](O)CS[C@@H]2C(=O)N1c1cccc2ccccc12. The minimum Gasteiger partial charge on any atom is -0.391 e. The molecular weight excluding hydrogens is 286 g/mol. The molecule has 5 heteroatoms. The van der Waals surface area contributed by atoms with Crippen molar-refractivity contribution >= 4 is 40.0 Å². The lowest BCUT2D eigenvalue weighted by Gasteiger charge is -2.18. The fourth-order valence-electron chi connectivity index (χ4n) is 3.16. The Kier molecular flexibility index (Phi) is 2.80. The van der Waals surface area contributed by atoms with Crippen LogP contribution in [0, 0.1) is 5.92 Å². The number of anilines is 1. The van der Waals surface area contributed by atoms with Crippen molar-refractivity contribution in [1.29, 1.82) is 0 Å². The second-order valence-electron chi connectivity index (χ2n) is 5.36. The molecule has 2 aromatic rings. The second-order valence-corrected chi connectivity index (χ2v) is 6.53. The van der Waals surface area contributed by atoms with E-state index in [9.17, 15) is 14.7 Å². The number of hydrogen-bond donors (Lipinski definition) is 1. The maximum absolute atomic E-state index is 12.6. The summed E-state index contributed by atoms with van der Waals surface area (Å²) in [4.78, 5) is 26.4. The van der Waals surface area contributed by atoms with Crippen LogP contribution in [0.4, 0.5) is 5.69 Å². The number of imide groups is 1. The summed E-state index contributed by atoms with van der Waals surface area (Å²) >= 11 is 1.37. The highest BCUT2D eigenvalue weighted by molar-refractivity contribution is 8.01. The zero-order valence-electron chi connectivity index (χ0n) is 11.1. The third kappa shape index (κ3) is 1.74. The summed E-state index contributed by atoms with van der Waals surface area (Å²) in [6, 6.07) is 13.3. The molecule has 1 N–H and O–H groups in total. The molecule has 2 aliphatic rings. The number of hydrogen-bond acceptors (Lipinski definition) is 4. The molecule has 0 unspecified atom stereocenters. The normalized spacial score (nSPS) is 28.4. The van der Waals surface area contributed by atoms with E-state index in [-0.39, 0.29) is 11.8 Å². The van der Waals surface area contributed by atoms with Crippen molar-refractivity contribution in [1.82, 2.24) is 0 Å². The number of aliphatic hydroxyl groups is 1. The van der Waals surface area contributed by atoms with E-state index in [0.29, 0.717) is 11.4 Å². The van der Waals surface area contributed by atoms with Crippen molar-refractivity contribution in [3.63, 3.8) is 0 Å². The van der Waals surface area contributed by atoms with Gasteiger partial charge in [0.2, 0.25) is 11.8 Å². The van der Waals surface area contributed by atoms with Crippen molar-refractivity contribution in [2.45, 2.75) is 11.4 Å². The Bertz CT molecular complexity index is 755. The Morgan fingerprint density at radius 1 is 1.05 bits per heavy atom. The molecule has 2 amide bonds. The molecular formula is C16H13NO3S. The Hall–Kier alpha value is -1.85. The van der Waals surface area contributed by atoms with Gasteiger partial charge >= 0.3 is 0 Å². The smallest absolute Gasteiger partial charge is 0.247 e. The largest absolute Gasteiger partial charge is 0.391 e. The first-order valence-corrected chi connectivity index (χ1v) is 7.88. The van der Waals surface area contributed by atoms with E-state index < -0.39 is 17.3 Å². The summed E-state index contributed by atoms with van der Waals surface area (Å²) in [6.07, 6.45) is -0.726. The number of fused-ring (bicyclic) bond motifs is 2. The van der Waals surface area contributed by atoms with Gasteiger partial charge in [0.15, 0.2) is 0 Å². The summed E-state index contributed by atoms with van der Waals surface area (Å²) < 4.78 is 0. The van der Waals surface area contributed by atoms with E-state index in [1.165, 1.54) is 16.7 Å². The first-order chi connectivity index (χ1) is 10.2. The lowest BCUT2D eigenvalue weighted by molar-refractivity contribution is -0.123. The van der Waals surface area contributed by atoms with E-state index in [2.05, 4.69) is 0 Å². The summed E-state index contributed by atoms with van der Waals surface area (Å²) in [5, 5.41) is 11.4. The molecule has 21 heavy (non-hydrogen) atoms. The van der Waals surface area contributed by atoms with Gasteiger partial charge in [-0.1, -0.05) is 36.4 Å². The Balaban J connectivity index is 1.86. The molecule has 2 saturated heterocycles. The standard InChI is InChI=1S/C16H13NO3S/c18-12-8-21-14-13(12)15(19)17(16(14)20)11-7-3-5-9-4-1-2-6-10(9)11/h1-7,12-14,18H,8H2/t12-,13-,14+/m1/s1. The summed E-state index contributed by atoms with van der Waals surface area (Å²) in [5.74, 6) is -0.626. The van der Waals surface area contributed by atoms with Gasteiger partial charge in [-0.15, -0.1) is 11.8 Å². The molecule has 2 fully saturated rings. The predicted molar refractivity (Wildman–Crippen MR) is 82.2 cm³/mol. The van der Waals surface area contributed by atoms with Crippen LogP contribution in [-0.2, 0) is 9.59 Å². The summed E-state index contributed by atoms with van der Waals surface area (Å²) in [7, 11) is 0. The molecule has 0 spiro atoms. The number of nitrogens with zero attached hydrogens (tertiary/aromatic N) is 1. The fraction of sp³-hybridized carbons (Fsp3) is 0.250. The number of carbonyl (C=O) groups is 2. The second kappa shape index (κ2) is 4.58. The average Bonchev–Trinajstić information content (AvgIpc) is 2.99. The summed E-state index contributed by atoms with van der Waals surface area (Å²) in [5.41, 5.74) is 0.616. The van der Waals surface area contributed by atoms with E-state index in [0.717, 1.165) is 10.8 Å². The summed E-state index contributed by atoms with van der Waals surface area (Å²) in [6.45, 7) is 0. The van der Waals surface area contributed by atoms with Gasteiger partial charge in [-0.3, -0.25) is 9.59 Å². The van der Waals surface area contributed by atoms with Gasteiger partial charge in [0.05, 0.1) is 23.0 Å². The van der Waals surface area contributed by atoms with Gasteiger partial charge in [0, 0.05) is 11.1 Å². The van der Waals surface area contributed by atoms with Crippen LogP contribution in [0.15, 0.2) is 42.5 Å². The Morgan fingerprint density at radius 3 is 2.62 bits per heavy atom. The van der Waals surface area contributed by atoms with Gasteiger partial charge in [0.1, 0.15) is 0 Å². The fourth-order valence-corrected chi connectivity index (χ4v) is 4.52. The van der Waals surface area contributed by atoms with Crippen molar-refractivity contribution in [2.75, 3.05) is 10.7 Å². The number of amides is 2. The van der Waals surface area contributed by atoms with Crippen LogP contribution in [0.5, 0.6) is 0 Å². The van der Waals surface area contributed by atoms with Crippen LogP contribution in [0.3, 0.4) is 0 Å². The topological polar surface area (TPSA) is 57.6 Å². The van der Waals surface area contributed by atoms with Crippen LogP contribution < -0.4 is 4.90 Å². The third-order valence-electron chi connectivity index (χ3n) is 4.16. The monoisotopic (exact) mass is 299 g/mol. The number of carbonyl (C=O) groups excluding carboxylic acids is 2. The molecule has 0 bridgehead atoms. The molecule has 0 aromatic heterocycles. The van der Waals surface area contributed by atoms with E-state index in [4.69, 9.17) is 0 Å². The number of thioether (sulfide) groups is 1. The first kappa shape index (κ1) is 12.9. The number of rotatable bonds is 1. The highest BCUT2D eigenvalue weighted by Crippen LogP contribution is 2.43. The maximum atomic E-state index is 12.6. The molecule has 4 rings (SSSR count). The van der Waals surface area contributed by atoms with Gasteiger partial charge in [-0.25, -0.2) is 4.90 Å². The maximum Gasteiger partial charge on any atom is 0.247 e. The quantitative estimate of drug-likeness (QED) is 0.816. The highest BCUT2D eigenvalue weighted by atomic mass is 32.2. The van der Waals surface area contributed by atoms with Crippen LogP contribution in [0.2, 0.25) is 0 Å². The molecule has 0 radical (unpaired) electrons. The Labute approximate surface area is 125 Å². The molecule has 2 aromatic carbocycles. The van der Waals surface area contributed by atoms with Gasteiger partial charge < -0.3 is 5.11 Å². The lowest BCUT2D eigenvalue weighted by Crippen LogP contribution is -2.34.